The molecule has 0 atom stereocenters. The van der Waals surface area contributed by atoms with Gasteiger partial charge in [-0.1, -0.05) is 0 Å². The van der Waals surface area contributed by atoms with Crippen LogP contribution < -0.4 is 0 Å². The smallest absolute Gasteiger partial charge is 0.261 e. The minimum absolute atomic E-state index is 0.0280. The maximum Gasteiger partial charge on any atom is 0.261 e. The Bertz CT molecular complexity index is 541. The highest BCUT2D eigenvalue weighted by Crippen LogP contribution is 2.17. The third-order valence-corrected chi connectivity index (χ3v) is 2.28. The molecule has 0 aliphatic heterocycles. The summed E-state index contributed by atoms with van der Waals surface area (Å²) in [7, 11) is 0. The lowest BCUT2D eigenvalue weighted by Crippen LogP contribution is -2.07. The van der Waals surface area contributed by atoms with Crippen molar-refractivity contribution >= 4 is 11.0 Å². The molecule has 0 unspecified atom stereocenters. The number of rotatable bonds is 5. The molecule has 1 N–H and O–H groups in total. The van der Waals surface area contributed by atoms with Crippen molar-refractivity contribution in [1.82, 2.24) is 9.97 Å². The van der Waals surface area contributed by atoms with E-state index in [0.29, 0.717) is 5.82 Å². The molecule has 0 aliphatic carbocycles. The monoisotopic (exact) mass is 262 g/mol. The number of benzene rings is 1. The van der Waals surface area contributed by atoms with Crippen molar-refractivity contribution in [1.29, 1.82) is 0 Å². The molecule has 98 valence electrons. The van der Waals surface area contributed by atoms with Gasteiger partial charge in [-0.25, -0.2) is 22.5 Å². The van der Waals surface area contributed by atoms with E-state index in [1.54, 1.807) is 0 Å². The highest BCUT2D eigenvalue weighted by molar-refractivity contribution is 5.75. The van der Waals surface area contributed by atoms with Crippen molar-refractivity contribution in [3.05, 3.63) is 29.6 Å². The summed E-state index contributed by atoms with van der Waals surface area (Å²) < 4.78 is 54.5. The summed E-state index contributed by atoms with van der Waals surface area (Å²) in [5.41, 5.74) is 0.261. The lowest BCUT2D eigenvalue weighted by atomic mass is 10.3. The number of aromatic amines is 1. The third-order valence-electron chi connectivity index (χ3n) is 2.28. The van der Waals surface area contributed by atoms with Crippen LogP contribution in [0.5, 0.6) is 0 Å². The van der Waals surface area contributed by atoms with Crippen LogP contribution in [0.3, 0.4) is 0 Å². The molecule has 1 heterocycles. The fourth-order valence-corrected chi connectivity index (χ4v) is 1.55. The SMILES string of the molecule is Fc1cc(F)c2nc(CCOCC(F)F)[nH]c2c1. The van der Waals surface area contributed by atoms with Crippen LogP contribution in [0.4, 0.5) is 17.6 Å². The van der Waals surface area contributed by atoms with Gasteiger partial charge in [0.15, 0.2) is 5.82 Å². The lowest BCUT2D eigenvalue weighted by molar-refractivity contribution is 0.0183. The zero-order chi connectivity index (χ0) is 13.1. The topological polar surface area (TPSA) is 37.9 Å². The number of alkyl halides is 2. The van der Waals surface area contributed by atoms with E-state index in [1.165, 1.54) is 0 Å². The second-order valence-electron chi connectivity index (χ2n) is 3.68. The normalized spacial score (nSPS) is 11.6. The minimum atomic E-state index is -2.52. The summed E-state index contributed by atoms with van der Waals surface area (Å²) in [5.74, 6) is -1.10. The highest BCUT2D eigenvalue weighted by atomic mass is 19.3. The Hall–Kier alpha value is -1.63. The van der Waals surface area contributed by atoms with Gasteiger partial charge >= 0.3 is 0 Å². The van der Waals surface area contributed by atoms with Crippen molar-refractivity contribution in [2.24, 2.45) is 0 Å². The molecule has 3 nitrogen and oxygen atoms in total. The van der Waals surface area contributed by atoms with E-state index in [1.807, 2.05) is 0 Å². The standard InChI is InChI=1S/C11H10F4N2O/c12-6-3-7(13)11-8(4-6)16-10(17-11)1-2-18-5-9(14)15/h3-4,9H,1-2,5H2,(H,16,17). The number of hydrogen-bond donors (Lipinski definition) is 1. The third kappa shape index (κ3) is 2.98. The van der Waals surface area contributed by atoms with Crippen LogP contribution in [0.25, 0.3) is 11.0 Å². The molecule has 0 bridgehead atoms. The van der Waals surface area contributed by atoms with E-state index in [9.17, 15) is 17.6 Å². The van der Waals surface area contributed by atoms with Crippen molar-refractivity contribution in [3.8, 4) is 0 Å². The van der Waals surface area contributed by atoms with Crippen LogP contribution in [0.2, 0.25) is 0 Å². The largest absolute Gasteiger partial charge is 0.375 e. The Morgan fingerprint density at radius 1 is 1.28 bits per heavy atom. The number of nitrogens with one attached hydrogen (secondary N) is 1. The molecule has 0 saturated heterocycles. The van der Waals surface area contributed by atoms with Gasteiger partial charge < -0.3 is 9.72 Å². The molecule has 0 fully saturated rings. The van der Waals surface area contributed by atoms with Crippen LogP contribution >= 0.6 is 0 Å². The van der Waals surface area contributed by atoms with Gasteiger partial charge in [0.05, 0.1) is 12.1 Å². The molecular weight excluding hydrogens is 252 g/mol. The van der Waals surface area contributed by atoms with Crippen LogP contribution in [-0.4, -0.2) is 29.6 Å². The first-order valence-electron chi connectivity index (χ1n) is 5.26. The van der Waals surface area contributed by atoms with Gasteiger partial charge in [-0.2, -0.15) is 0 Å². The first kappa shape index (κ1) is 12.8. The van der Waals surface area contributed by atoms with Gasteiger partial charge in [0, 0.05) is 12.5 Å². The zero-order valence-electron chi connectivity index (χ0n) is 9.22. The summed E-state index contributed by atoms with van der Waals surface area (Å²) in [6.07, 6.45) is -2.30. The van der Waals surface area contributed by atoms with Crippen LogP contribution in [0.1, 0.15) is 5.82 Å². The van der Waals surface area contributed by atoms with Gasteiger partial charge in [0.2, 0.25) is 0 Å². The minimum Gasteiger partial charge on any atom is -0.375 e. The van der Waals surface area contributed by atoms with E-state index in [4.69, 9.17) is 0 Å². The van der Waals surface area contributed by atoms with Crippen LogP contribution in [0, 0.1) is 11.6 Å². The van der Waals surface area contributed by atoms with E-state index in [0.717, 1.165) is 12.1 Å². The summed E-state index contributed by atoms with van der Waals surface area (Å²) in [6, 6.07) is 1.86. The number of aromatic nitrogens is 2. The van der Waals surface area contributed by atoms with Crippen molar-refractivity contribution in [2.45, 2.75) is 12.8 Å². The Labute approximate surface area is 99.8 Å². The number of hydrogen-bond acceptors (Lipinski definition) is 2. The number of H-pyrrole nitrogens is 1. The van der Waals surface area contributed by atoms with E-state index < -0.39 is 24.7 Å². The molecule has 1 aromatic heterocycles. The first-order chi connectivity index (χ1) is 8.56. The van der Waals surface area contributed by atoms with Gasteiger partial charge in [0.25, 0.3) is 6.43 Å². The van der Waals surface area contributed by atoms with Crippen molar-refractivity contribution in [2.75, 3.05) is 13.2 Å². The zero-order valence-corrected chi connectivity index (χ0v) is 9.22. The fraction of sp³-hybridized carbons (Fsp3) is 0.364. The molecule has 0 amide bonds. The van der Waals surface area contributed by atoms with Gasteiger partial charge in [-0.15, -0.1) is 0 Å². The molecule has 1 aromatic carbocycles. The van der Waals surface area contributed by atoms with E-state index >= 15 is 0 Å². The Morgan fingerprint density at radius 2 is 2.06 bits per heavy atom. The fourth-order valence-electron chi connectivity index (χ4n) is 1.55. The highest BCUT2D eigenvalue weighted by Gasteiger charge is 2.10. The predicted octanol–water partition coefficient (Wildman–Crippen LogP) is 2.67. The van der Waals surface area contributed by atoms with Gasteiger partial charge in [0.1, 0.15) is 23.8 Å². The molecule has 0 saturated carbocycles. The number of nitrogens with zero attached hydrogens (tertiary/aromatic N) is 1. The van der Waals surface area contributed by atoms with Gasteiger partial charge in [-0.05, 0) is 6.07 Å². The lowest BCUT2D eigenvalue weighted by Gasteiger charge is -2.00. The molecule has 2 aromatic rings. The number of halogens is 4. The Kier molecular flexibility index (Phi) is 3.81. The summed E-state index contributed by atoms with van der Waals surface area (Å²) in [4.78, 5) is 6.61. The molecular formula is C11H10F4N2O. The van der Waals surface area contributed by atoms with Gasteiger partial charge in [-0.3, -0.25) is 0 Å². The average molecular weight is 262 g/mol. The number of imidazole rings is 1. The second-order valence-corrected chi connectivity index (χ2v) is 3.68. The number of ether oxygens (including phenoxy) is 1. The van der Waals surface area contributed by atoms with E-state index in [-0.39, 0.29) is 24.1 Å². The maximum atomic E-state index is 13.3. The predicted molar refractivity (Wildman–Crippen MR) is 56.5 cm³/mol. The van der Waals surface area contributed by atoms with Crippen molar-refractivity contribution in [3.63, 3.8) is 0 Å². The van der Waals surface area contributed by atoms with Crippen LogP contribution in [0.15, 0.2) is 12.1 Å². The molecule has 0 aliphatic rings. The molecule has 7 heteroatoms. The first-order valence-corrected chi connectivity index (χ1v) is 5.26. The summed E-state index contributed by atoms with van der Waals surface area (Å²) >= 11 is 0. The Morgan fingerprint density at radius 3 is 2.78 bits per heavy atom. The summed E-state index contributed by atoms with van der Waals surface area (Å²) in [5, 5.41) is 0. The molecule has 2 rings (SSSR count). The van der Waals surface area contributed by atoms with Crippen LogP contribution in [-0.2, 0) is 11.2 Å². The van der Waals surface area contributed by atoms with Crippen molar-refractivity contribution < 1.29 is 22.3 Å². The van der Waals surface area contributed by atoms with E-state index in [2.05, 4.69) is 14.7 Å². The Balaban J connectivity index is 2.04. The molecule has 0 spiro atoms. The molecule has 0 radical (unpaired) electrons. The quantitative estimate of drug-likeness (QED) is 0.664. The maximum absolute atomic E-state index is 13.3. The second kappa shape index (κ2) is 5.34. The number of fused-ring (bicyclic) bond motifs is 1. The average Bonchev–Trinajstić information content (AvgIpc) is 2.67. The summed E-state index contributed by atoms with van der Waals surface area (Å²) in [6.45, 7) is -0.614. The molecule has 18 heavy (non-hydrogen) atoms.